The summed E-state index contributed by atoms with van der Waals surface area (Å²) in [5.74, 6) is 1.85. The number of benzene rings is 2. The van der Waals surface area contributed by atoms with E-state index >= 15 is 0 Å². The van der Waals surface area contributed by atoms with Crippen molar-refractivity contribution in [3.63, 3.8) is 0 Å². The van der Waals surface area contributed by atoms with Gasteiger partial charge in [0.25, 0.3) is 0 Å². The number of carbonyl (C=O) groups excluding carboxylic acids is 1. The largest absolute Gasteiger partial charge is 0.497 e. The van der Waals surface area contributed by atoms with Crippen LogP contribution >= 0.6 is 0 Å². The second-order valence-electron chi connectivity index (χ2n) is 7.67. The number of amides is 1. The van der Waals surface area contributed by atoms with Gasteiger partial charge in [0.15, 0.2) is 0 Å². The predicted molar refractivity (Wildman–Crippen MR) is 122 cm³/mol. The SMILES string of the molecule is CCC(C(=O)N1CCN(c2cc(-c3ccc(OC)cc3)ncn2)CC1)c1ccccc1. The molecule has 0 N–H and O–H groups in total. The molecule has 2 heterocycles. The van der Waals surface area contributed by atoms with Gasteiger partial charge in [-0.2, -0.15) is 0 Å². The van der Waals surface area contributed by atoms with Crippen molar-refractivity contribution in [2.45, 2.75) is 19.3 Å². The maximum atomic E-state index is 13.1. The van der Waals surface area contributed by atoms with E-state index < -0.39 is 0 Å². The number of piperazine rings is 1. The van der Waals surface area contributed by atoms with Crippen molar-refractivity contribution in [3.8, 4) is 17.0 Å². The average Bonchev–Trinajstić information content (AvgIpc) is 2.85. The highest BCUT2D eigenvalue weighted by molar-refractivity contribution is 5.84. The summed E-state index contributed by atoms with van der Waals surface area (Å²) in [6.45, 7) is 4.99. The lowest BCUT2D eigenvalue weighted by molar-refractivity contribution is -0.133. The highest BCUT2D eigenvalue weighted by atomic mass is 16.5. The van der Waals surface area contributed by atoms with Gasteiger partial charge in [-0.3, -0.25) is 4.79 Å². The first-order valence-corrected chi connectivity index (χ1v) is 10.7. The molecule has 1 saturated heterocycles. The Hall–Kier alpha value is -3.41. The molecule has 0 aliphatic carbocycles. The van der Waals surface area contributed by atoms with Gasteiger partial charge in [-0.05, 0) is 36.2 Å². The first-order chi connectivity index (χ1) is 15.2. The number of hydrogen-bond donors (Lipinski definition) is 0. The van der Waals surface area contributed by atoms with Gasteiger partial charge in [0.2, 0.25) is 5.91 Å². The Balaban J connectivity index is 1.42. The second-order valence-corrected chi connectivity index (χ2v) is 7.67. The number of anilines is 1. The fraction of sp³-hybridized carbons (Fsp3) is 0.320. The van der Waals surface area contributed by atoms with E-state index in [-0.39, 0.29) is 11.8 Å². The van der Waals surface area contributed by atoms with Crippen LogP contribution in [0, 0.1) is 0 Å². The minimum atomic E-state index is -0.0755. The van der Waals surface area contributed by atoms with Crippen LogP contribution in [0.5, 0.6) is 5.75 Å². The first kappa shape index (κ1) is 20.8. The van der Waals surface area contributed by atoms with Crippen LogP contribution in [-0.2, 0) is 4.79 Å². The smallest absolute Gasteiger partial charge is 0.230 e. The number of ether oxygens (including phenoxy) is 1. The van der Waals surface area contributed by atoms with Crippen molar-refractivity contribution in [1.29, 1.82) is 0 Å². The van der Waals surface area contributed by atoms with Gasteiger partial charge in [0.1, 0.15) is 17.9 Å². The molecule has 1 aromatic heterocycles. The second kappa shape index (κ2) is 9.60. The Bertz CT molecular complexity index is 1000. The van der Waals surface area contributed by atoms with Crippen LogP contribution < -0.4 is 9.64 Å². The van der Waals surface area contributed by atoms with Gasteiger partial charge in [0, 0.05) is 37.8 Å². The number of aromatic nitrogens is 2. The molecule has 4 rings (SSSR count). The molecule has 6 heteroatoms. The third-order valence-electron chi connectivity index (χ3n) is 5.86. The van der Waals surface area contributed by atoms with Crippen LogP contribution in [0.15, 0.2) is 67.0 Å². The summed E-state index contributed by atoms with van der Waals surface area (Å²) in [7, 11) is 1.66. The Morgan fingerprint density at radius 1 is 1.00 bits per heavy atom. The minimum absolute atomic E-state index is 0.0755. The quantitative estimate of drug-likeness (QED) is 0.608. The maximum Gasteiger partial charge on any atom is 0.230 e. The molecule has 1 fully saturated rings. The summed E-state index contributed by atoms with van der Waals surface area (Å²) in [5.41, 5.74) is 2.99. The average molecular weight is 417 g/mol. The summed E-state index contributed by atoms with van der Waals surface area (Å²) >= 11 is 0. The van der Waals surface area contributed by atoms with Crippen molar-refractivity contribution >= 4 is 11.7 Å². The fourth-order valence-corrected chi connectivity index (χ4v) is 4.05. The van der Waals surface area contributed by atoms with Crippen LogP contribution in [0.4, 0.5) is 5.82 Å². The molecule has 0 radical (unpaired) electrons. The summed E-state index contributed by atoms with van der Waals surface area (Å²) < 4.78 is 5.23. The molecule has 2 aromatic carbocycles. The van der Waals surface area contributed by atoms with E-state index in [1.54, 1.807) is 13.4 Å². The summed E-state index contributed by atoms with van der Waals surface area (Å²) in [4.78, 5) is 26.3. The molecule has 160 valence electrons. The normalized spacial score (nSPS) is 14.9. The number of hydrogen-bond acceptors (Lipinski definition) is 5. The number of carbonyl (C=O) groups is 1. The van der Waals surface area contributed by atoms with E-state index in [1.807, 2.05) is 65.6 Å². The molecular weight excluding hydrogens is 388 g/mol. The Kier molecular flexibility index (Phi) is 6.46. The van der Waals surface area contributed by atoms with E-state index in [1.165, 1.54) is 0 Å². The van der Waals surface area contributed by atoms with Crippen LogP contribution in [-0.4, -0.2) is 54.1 Å². The van der Waals surface area contributed by atoms with E-state index in [0.29, 0.717) is 13.1 Å². The maximum absolute atomic E-state index is 13.1. The zero-order chi connectivity index (χ0) is 21.6. The van der Waals surface area contributed by atoms with E-state index in [9.17, 15) is 4.79 Å². The molecule has 3 aromatic rings. The summed E-state index contributed by atoms with van der Waals surface area (Å²) in [6, 6.07) is 19.9. The van der Waals surface area contributed by atoms with E-state index in [4.69, 9.17) is 4.74 Å². The third-order valence-corrected chi connectivity index (χ3v) is 5.86. The number of rotatable bonds is 6. The van der Waals surface area contributed by atoms with Gasteiger partial charge < -0.3 is 14.5 Å². The topological polar surface area (TPSA) is 58.6 Å². The summed E-state index contributed by atoms with van der Waals surface area (Å²) in [6.07, 6.45) is 2.41. The Morgan fingerprint density at radius 2 is 1.71 bits per heavy atom. The van der Waals surface area contributed by atoms with Gasteiger partial charge in [0.05, 0.1) is 18.7 Å². The van der Waals surface area contributed by atoms with E-state index in [0.717, 1.165) is 47.9 Å². The zero-order valence-corrected chi connectivity index (χ0v) is 18.1. The molecule has 1 amide bonds. The lowest BCUT2D eigenvalue weighted by Crippen LogP contribution is -2.50. The molecule has 0 saturated carbocycles. The highest BCUT2D eigenvalue weighted by Crippen LogP contribution is 2.26. The first-order valence-electron chi connectivity index (χ1n) is 10.7. The van der Waals surface area contributed by atoms with Gasteiger partial charge >= 0.3 is 0 Å². The summed E-state index contributed by atoms with van der Waals surface area (Å²) in [5, 5.41) is 0. The van der Waals surface area contributed by atoms with Crippen molar-refractivity contribution in [1.82, 2.24) is 14.9 Å². The zero-order valence-electron chi connectivity index (χ0n) is 18.1. The van der Waals surface area contributed by atoms with Crippen molar-refractivity contribution in [2.75, 3.05) is 38.2 Å². The van der Waals surface area contributed by atoms with Crippen LogP contribution in [0.2, 0.25) is 0 Å². The highest BCUT2D eigenvalue weighted by Gasteiger charge is 2.28. The standard InChI is InChI=1S/C25H28N4O2/c1-3-22(19-7-5-4-6-8-19)25(30)29-15-13-28(14-16-29)24-17-23(26-18-27-24)20-9-11-21(31-2)12-10-20/h4-12,17-18,22H,3,13-16H2,1-2H3. The van der Waals surface area contributed by atoms with Gasteiger partial charge in [-0.15, -0.1) is 0 Å². The fourth-order valence-electron chi connectivity index (χ4n) is 4.05. The molecule has 6 nitrogen and oxygen atoms in total. The lowest BCUT2D eigenvalue weighted by Gasteiger charge is -2.37. The number of methoxy groups -OCH3 is 1. The van der Waals surface area contributed by atoms with E-state index in [2.05, 4.69) is 21.8 Å². The molecular formula is C25H28N4O2. The number of nitrogens with zero attached hydrogens (tertiary/aromatic N) is 4. The predicted octanol–water partition coefficient (Wildman–Crippen LogP) is 3.99. The van der Waals surface area contributed by atoms with Crippen LogP contribution in [0.25, 0.3) is 11.3 Å². The van der Waals surface area contributed by atoms with Gasteiger partial charge in [-0.1, -0.05) is 37.3 Å². The molecule has 1 aliphatic heterocycles. The van der Waals surface area contributed by atoms with Crippen LogP contribution in [0.3, 0.4) is 0 Å². The molecule has 0 bridgehead atoms. The van der Waals surface area contributed by atoms with Gasteiger partial charge in [-0.25, -0.2) is 9.97 Å². The van der Waals surface area contributed by atoms with Crippen molar-refractivity contribution < 1.29 is 9.53 Å². The van der Waals surface area contributed by atoms with Crippen molar-refractivity contribution in [2.24, 2.45) is 0 Å². The molecule has 1 aliphatic rings. The third kappa shape index (κ3) is 4.68. The van der Waals surface area contributed by atoms with Crippen LogP contribution in [0.1, 0.15) is 24.8 Å². The Labute approximate surface area is 183 Å². The van der Waals surface area contributed by atoms with Crippen molar-refractivity contribution in [3.05, 3.63) is 72.6 Å². The molecule has 31 heavy (non-hydrogen) atoms. The Morgan fingerprint density at radius 3 is 2.35 bits per heavy atom. The monoisotopic (exact) mass is 416 g/mol. The minimum Gasteiger partial charge on any atom is -0.497 e. The molecule has 1 atom stereocenters. The lowest BCUT2D eigenvalue weighted by atomic mass is 9.95. The molecule has 0 spiro atoms. The molecule has 1 unspecified atom stereocenters.